The van der Waals surface area contributed by atoms with Gasteiger partial charge in [-0.3, -0.25) is 0 Å². The average Bonchev–Trinajstić information content (AvgIpc) is 2.58. The summed E-state index contributed by atoms with van der Waals surface area (Å²) in [4.78, 5) is 23.4. The minimum absolute atomic E-state index is 0. The Labute approximate surface area is 146 Å². The first-order valence-corrected chi connectivity index (χ1v) is 9.40. The summed E-state index contributed by atoms with van der Waals surface area (Å²) in [6, 6.07) is 0. The Bertz CT molecular complexity index is 502. The van der Waals surface area contributed by atoms with Crippen LogP contribution in [0.3, 0.4) is 0 Å². The fourth-order valence-corrected chi connectivity index (χ4v) is 5.82. The van der Waals surface area contributed by atoms with Crippen LogP contribution in [0, 0.1) is 5.41 Å². The predicted molar refractivity (Wildman–Crippen MR) is 77.6 cm³/mol. The molecule has 0 amide bonds. The van der Waals surface area contributed by atoms with Gasteiger partial charge in [0.1, 0.15) is 0 Å². The summed E-state index contributed by atoms with van der Waals surface area (Å²) >= 11 is -2.88. The van der Waals surface area contributed by atoms with Crippen molar-refractivity contribution in [3.8, 4) is 0 Å². The Balaban J connectivity index is 0.00000441. The van der Waals surface area contributed by atoms with Gasteiger partial charge in [0.2, 0.25) is 0 Å². The van der Waals surface area contributed by atoms with Gasteiger partial charge in [0.25, 0.3) is 0 Å². The maximum atomic E-state index is 11.7. The molecule has 0 atom stereocenters. The minimum atomic E-state index is -2.88. The van der Waals surface area contributed by atoms with Gasteiger partial charge < -0.3 is 12.4 Å². The van der Waals surface area contributed by atoms with E-state index in [0.29, 0.717) is 12.8 Å². The molecular weight excluding hydrogens is 339 g/mol. The third-order valence-electron chi connectivity index (χ3n) is 4.26. The summed E-state index contributed by atoms with van der Waals surface area (Å²) in [5, 5.41) is 0. The third kappa shape index (κ3) is 4.24. The molecule has 1 rings (SSSR count). The predicted octanol–water partition coefficient (Wildman–Crippen LogP) is 0.995. The monoisotopic (exact) mass is 364 g/mol. The first-order valence-electron chi connectivity index (χ1n) is 7.35. The molecule has 0 bridgehead atoms. The van der Waals surface area contributed by atoms with E-state index in [4.69, 9.17) is 6.64 Å². The molecule has 0 aromatic carbocycles. The van der Waals surface area contributed by atoms with E-state index < -0.39 is 18.6 Å². The number of hydrogen-bond acceptors (Lipinski definition) is 4. The van der Waals surface area contributed by atoms with Crippen molar-refractivity contribution in [2.45, 2.75) is 61.3 Å². The molecule has 0 fully saturated rings. The summed E-state index contributed by atoms with van der Waals surface area (Å²) in [7, 11) is 0. The molecule has 0 aromatic rings. The molecule has 0 saturated heterocycles. The Kier molecular flexibility index (Phi) is 8.11. The Morgan fingerprint density at radius 2 is 1.36 bits per heavy atom. The van der Waals surface area contributed by atoms with Gasteiger partial charge in [0.05, 0.1) is 0 Å². The molecule has 0 saturated carbocycles. The van der Waals surface area contributed by atoms with Gasteiger partial charge in [-0.1, -0.05) is 0 Å². The van der Waals surface area contributed by atoms with E-state index in [0.717, 1.165) is 9.45 Å². The maximum Gasteiger partial charge on any atom is -1.00 e. The second-order valence-corrected chi connectivity index (χ2v) is 8.13. The first-order chi connectivity index (χ1) is 9.66. The summed E-state index contributed by atoms with van der Waals surface area (Å²) < 4.78 is 12.1. The van der Waals surface area contributed by atoms with E-state index in [2.05, 4.69) is 27.7 Å². The third-order valence-corrected chi connectivity index (χ3v) is 7.75. The quantitative estimate of drug-likeness (QED) is 0.683. The topological polar surface area (TPSA) is 52.6 Å². The van der Waals surface area contributed by atoms with Gasteiger partial charge in [-0.15, -0.1) is 0 Å². The Morgan fingerprint density at radius 1 is 0.955 bits per heavy atom. The van der Waals surface area contributed by atoms with Gasteiger partial charge in [-0.05, 0) is 0 Å². The van der Waals surface area contributed by atoms with Gasteiger partial charge in [-0.2, -0.15) is 0 Å². The summed E-state index contributed by atoms with van der Waals surface area (Å²) in [6.07, 6.45) is 0.580. The molecule has 0 radical (unpaired) electrons. The van der Waals surface area contributed by atoms with Crippen molar-refractivity contribution in [1.82, 2.24) is 0 Å². The maximum absolute atomic E-state index is 11.7. The summed E-state index contributed by atoms with van der Waals surface area (Å²) in [5.41, 5.74) is 3.35. The zero-order valence-electron chi connectivity index (χ0n) is 14.4. The molecule has 124 valence electrons. The number of halogens is 1. The van der Waals surface area contributed by atoms with Crippen molar-refractivity contribution in [1.29, 1.82) is 0 Å². The SMILES string of the molecule is CCC(=O)[O][Ti+]([O]C(=O)CC)[C]1=C(C)C(C)=C(C)C1(C)C.[Cl-]. The second kappa shape index (κ2) is 8.33. The molecule has 1 aliphatic carbocycles. The van der Waals surface area contributed by atoms with Crippen molar-refractivity contribution in [3.05, 3.63) is 20.6 Å². The van der Waals surface area contributed by atoms with Crippen molar-refractivity contribution < 1.29 is 47.3 Å². The zero-order valence-corrected chi connectivity index (χ0v) is 16.7. The number of carbonyl (C=O) groups is 2. The van der Waals surface area contributed by atoms with E-state index in [-0.39, 0.29) is 29.8 Å². The number of rotatable bonds is 5. The van der Waals surface area contributed by atoms with E-state index in [1.165, 1.54) is 11.1 Å². The van der Waals surface area contributed by atoms with E-state index >= 15 is 0 Å². The van der Waals surface area contributed by atoms with Crippen LogP contribution in [0.4, 0.5) is 0 Å². The van der Waals surface area contributed by atoms with E-state index in [9.17, 15) is 9.59 Å². The van der Waals surface area contributed by atoms with Gasteiger partial charge in [-0.25, -0.2) is 0 Å². The van der Waals surface area contributed by atoms with Crippen LogP contribution in [0.1, 0.15) is 61.3 Å². The van der Waals surface area contributed by atoms with Crippen molar-refractivity contribution in [2.24, 2.45) is 5.41 Å². The van der Waals surface area contributed by atoms with Crippen LogP contribution >= 0.6 is 0 Å². The molecule has 22 heavy (non-hydrogen) atoms. The largest absolute Gasteiger partial charge is 1.00 e. The van der Waals surface area contributed by atoms with Crippen LogP contribution in [0.5, 0.6) is 0 Å². The Morgan fingerprint density at radius 3 is 1.64 bits per heavy atom. The van der Waals surface area contributed by atoms with E-state index in [1.807, 2.05) is 6.92 Å². The van der Waals surface area contributed by atoms with Crippen molar-refractivity contribution in [3.63, 3.8) is 0 Å². The molecule has 6 heteroatoms. The molecule has 0 aliphatic heterocycles. The second-order valence-electron chi connectivity index (χ2n) is 5.82. The van der Waals surface area contributed by atoms with Crippen LogP contribution in [0.2, 0.25) is 0 Å². The molecule has 0 heterocycles. The molecule has 4 nitrogen and oxygen atoms in total. The van der Waals surface area contributed by atoms with E-state index in [1.54, 1.807) is 13.8 Å². The number of allylic oxidation sites excluding steroid dienone is 4. The smallest absolute Gasteiger partial charge is 1.00 e. The minimum Gasteiger partial charge on any atom is -1.00 e. The van der Waals surface area contributed by atoms with Gasteiger partial charge >= 0.3 is 134 Å². The fraction of sp³-hybridized carbons (Fsp3) is 0.625. The number of hydrogen-bond donors (Lipinski definition) is 0. The summed E-state index contributed by atoms with van der Waals surface area (Å²) in [5.74, 6) is -0.598. The standard InChI is InChI=1S/C10H15.2C3H6O2.ClH.Ti/c1-7-6-10(4,5)9(3)8(7)2;2*1-2-3(4)5;;/h1-5H3;2*2H2,1H3,(H,4,5);1H;/q;;;;+3/p-3. The van der Waals surface area contributed by atoms with Crippen LogP contribution in [-0.4, -0.2) is 11.9 Å². The van der Waals surface area contributed by atoms with Crippen LogP contribution in [0.25, 0.3) is 0 Å². The first kappa shape index (κ1) is 21.4. The van der Waals surface area contributed by atoms with Crippen molar-refractivity contribution >= 4 is 11.9 Å². The van der Waals surface area contributed by atoms with Crippen molar-refractivity contribution in [2.75, 3.05) is 0 Å². The molecular formula is C16H25ClO4Ti. The molecule has 0 N–H and O–H groups in total. The molecule has 0 spiro atoms. The zero-order chi connectivity index (χ0) is 16.4. The molecule has 1 aliphatic rings. The van der Waals surface area contributed by atoms with Crippen LogP contribution in [0.15, 0.2) is 20.6 Å². The number of carbonyl (C=O) groups excluding carboxylic acids is 2. The van der Waals surface area contributed by atoms with Crippen LogP contribution < -0.4 is 12.4 Å². The van der Waals surface area contributed by atoms with Gasteiger partial charge in [0.15, 0.2) is 0 Å². The molecule has 0 aromatic heterocycles. The van der Waals surface area contributed by atoms with Crippen LogP contribution in [-0.2, 0) is 34.9 Å². The molecule has 0 unspecified atom stereocenters. The fourth-order valence-electron chi connectivity index (χ4n) is 2.48. The Hall–Kier alpha value is -0.576. The average molecular weight is 365 g/mol. The van der Waals surface area contributed by atoms with Gasteiger partial charge in [0, 0.05) is 0 Å². The summed E-state index contributed by atoms with van der Waals surface area (Å²) in [6.45, 7) is 13.9. The normalized spacial score (nSPS) is 16.3.